The lowest BCUT2D eigenvalue weighted by Gasteiger charge is -2.73. The van der Waals surface area contributed by atoms with Gasteiger partial charge >= 0.3 is 17.9 Å². The maximum atomic E-state index is 13.4. The Kier molecular flexibility index (Phi) is 8.12. The van der Waals surface area contributed by atoms with Crippen molar-refractivity contribution in [1.82, 2.24) is 0 Å². The molecule has 0 aromatic heterocycles. The van der Waals surface area contributed by atoms with Crippen LogP contribution >= 0.6 is 0 Å². The zero-order chi connectivity index (χ0) is 33.4. The van der Waals surface area contributed by atoms with Gasteiger partial charge in [0.1, 0.15) is 6.10 Å². The number of carboxylic acid groups (broad SMARTS) is 1. The SMILES string of the molecule is C=C(C)[C@H]1CC[C@]2(COC(=O)c3ccccc3C(=O)O)CC[C@@]3(C)[C@H](CC[C@H]4[C@@]5(C)CC[C@H](OC(C)=O)C(C)(C)[C@@H]5CC[C@]43C)[C@@H]12. The molecule has 1 aromatic carbocycles. The molecule has 0 saturated heterocycles. The first kappa shape index (κ1) is 33.3. The number of fused-ring (bicyclic) bond motifs is 7. The molecule has 0 spiro atoms. The quantitative estimate of drug-likeness (QED) is 0.249. The summed E-state index contributed by atoms with van der Waals surface area (Å²) in [5.41, 5.74) is 1.74. The normalized spacial score (nSPS) is 42.4. The van der Waals surface area contributed by atoms with Gasteiger partial charge < -0.3 is 14.6 Å². The van der Waals surface area contributed by atoms with Crippen molar-refractivity contribution in [2.75, 3.05) is 6.61 Å². The third-order valence-corrected chi connectivity index (χ3v) is 15.4. The number of carbonyl (C=O) groups is 3. The molecular weight excluding hydrogens is 576 g/mol. The first-order valence-electron chi connectivity index (χ1n) is 17.8. The lowest BCUT2D eigenvalue weighted by atomic mass is 9.32. The van der Waals surface area contributed by atoms with Crippen molar-refractivity contribution in [2.24, 2.45) is 56.7 Å². The minimum atomic E-state index is -1.11. The van der Waals surface area contributed by atoms with E-state index in [0.29, 0.717) is 36.2 Å². The van der Waals surface area contributed by atoms with Gasteiger partial charge in [-0.15, -0.1) is 0 Å². The second-order valence-electron chi connectivity index (χ2n) is 17.4. The summed E-state index contributed by atoms with van der Waals surface area (Å²) in [6.07, 6.45) is 11.0. The number of carboxylic acids is 1. The van der Waals surface area contributed by atoms with Crippen molar-refractivity contribution in [3.63, 3.8) is 0 Å². The van der Waals surface area contributed by atoms with E-state index >= 15 is 0 Å². The number of allylic oxidation sites excluding steroid dienone is 1. The first-order chi connectivity index (χ1) is 21.5. The molecule has 0 heterocycles. The Morgan fingerprint density at radius 2 is 1.52 bits per heavy atom. The van der Waals surface area contributed by atoms with E-state index in [1.165, 1.54) is 30.9 Å². The third-order valence-electron chi connectivity index (χ3n) is 15.4. The van der Waals surface area contributed by atoms with Crippen LogP contribution in [0.2, 0.25) is 0 Å². The Morgan fingerprint density at radius 1 is 0.826 bits per heavy atom. The molecule has 0 unspecified atom stereocenters. The summed E-state index contributed by atoms with van der Waals surface area (Å²) >= 11 is 0. The molecule has 6 rings (SSSR count). The smallest absolute Gasteiger partial charge is 0.339 e. The van der Waals surface area contributed by atoms with Gasteiger partial charge in [0.15, 0.2) is 0 Å². The van der Waals surface area contributed by atoms with Gasteiger partial charge in [0.25, 0.3) is 0 Å². The molecule has 0 radical (unpaired) electrons. The molecule has 0 aliphatic heterocycles. The average Bonchev–Trinajstić information content (AvgIpc) is 3.38. The molecule has 1 N–H and O–H groups in total. The highest BCUT2D eigenvalue weighted by molar-refractivity contribution is 6.02. The Balaban J connectivity index is 1.30. The highest BCUT2D eigenvalue weighted by Crippen LogP contribution is 2.77. The fourth-order valence-electron chi connectivity index (χ4n) is 13.1. The van der Waals surface area contributed by atoms with Crippen molar-refractivity contribution in [1.29, 1.82) is 0 Å². The number of hydrogen-bond donors (Lipinski definition) is 1. The Hall–Kier alpha value is -2.63. The van der Waals surface area contributed by atoms with Crippen molar-refractivity contribution < 1.29 is 29.0 Å². The molecule has 6 heteroatoms. The predicted molar refractivity (Wildman–Crippen MR) is 178 cm³/mol. The predicted octanol–water partition coefficient (Wildman–Crippen LogP) is 9.13. The molecule has 6 nitrogen and oxygen atoms in total. The average molecular weight is 633 g/mol. The van der Waals surface area contributed by atoms with Crippen LogP contribution in [-0.2, 0) is 14.3 Å². The van der Waals surface area contributed by atoms with Crippen LogP contribution in [0.4, 0.5) is 0 Å². The minimum absolute atomic E-state index is 0.00980. The number of rotatable bonds is 6. The van der Waals surface area contributed by atoms with Crippen molar-refractivity contribution in [3.8, 4) is 0 Å². The van der Waals surface area contributed by atoms with Crippen LogP contribution in [0.5, 0.6) is 0 Å². The lowest BCUT2D eigenvalue weighted by molar-refractivity contribution is -0.251. The fourth-order valence-corrected chi connectivity index (χ4v) is 13.1. The zero-order valence-corrected chi connectivity index (χ0v) is 29.2. The van der Waals surface area contributed by atoms with Crippen LogP contribution in [0.1, 0.15) is 133 Å². The Bertz CT molecular complexity index is 1430. The van der Waals surface area contributed by atoms with Gasteiger partial charge in [0.2, 0.25) is 0 Å². The summed E-state index contributed by atoms with van der Waals surface area (Å²) in [5.74, 6) is 0.625. The Morgan fingerprint density at radius 3 is 2.17 bits per heavy atom. The van der Waals surface area contributed by atoms with E-state index in [4.69, 9.17) is 9.47 Å². The van der Waals surface area contributed by atoms with Gasteiger partial charge in [-0.25, -0.2) is 9.59 Å². The largest absolute Gasteiger partial charge is 0.478 e. The second kappa shape index (κ2) is 11.2. The van der Waals surface area contributed by atoms with Crippen LogP contribution in [-0.4, -0.2) is 35.7 Å². The maximum absolute atomic E-state index is 13.4. The summed E-state index contributed by atoms with van der Waals surface area (Å²) in [4.78, 5) is 37.2. The van der Waals surface area contributed by atoms with Crippen LogP contribution < -0.4 is 0 Å². The van der Waals surface area contributed by atoms with E-state index in [-0.39, 0.29) is 50.3 Å². The second-order valence-corrected chi connectivity index (χ2v) is 17.4. The lowest BCUT2D eigenvalue weighted by Crippen LogP contribution is -2.67. The molecule has 252 valence electrons. The third kappa shape index (κ3) is 4.73. The summed E-state index contributed by atoms with van der Waals surface area (Å²) < 4.78 is 12.0. The Labute approximate surface area is 276 Å². The number of benzene rings is 1. The van der Waals surface area contributed by atoms with Gasteiger partial charge in [-0.2, -0.15) is 0 Å². The van der Waals surface area contributed by atoms with E-state index in [9.17, 15) is 19.5 Å². The van der Waals surface area contributed by atoms with Gasteiger partial charge in [-0.3, -0.25) is 4.79 Å². The minimum Gasteiger partial charge on any atom is -0.478 e. The molecule has 5 fully saturated rings. The van der Waals surface area contributed by atoms with Crippen molar-refractivity contribution >= 4 is 17.9 Å². The van der Waals surface area contributed by atoms with Crippen molar-refractivity contribution in [2.45, 2.75) is 119 Å². The molecular formula is C40H56O6. The summed E-state index contributed by atoms with van der Waals surface area (Å²) in [5, 5.41) is 9.68. The number of esters is 2. The van der Waals surface area contributed by atoms with Gasteiger partial charge in [-0.05, 0) is 129 Å². The van der Waals surface area contributed by atoms with E-state index in [1.807, 2.05) is 0 Å². The highest BCUT2D eigenvalue weighted by atomic mass is 16.5. The van der Waals surface area contributed by atoms with E-state index in [1.54, 1.807) is 25.1 Å². The van der Waals surface area contributed by atoms with Crippen LogP contribution in [0, 0.1) is 56.7 Å². The van der Waals surface area contributed by atoms with E-state index in [2.05, 4.69) is 48.1 Å². The van der Waals surface area contributed by atoms with E-state index in [0.717, 1.165) is 44.9 Å². The molecule has 5 aliphatic carbocycles. The van der Waals surface area contributed by atoms with Crippen LogP contribution in [0.25, 0.3) is 0 Å². The number of aromatic carboxylic acids is 1. The van der Waals surface area contributed by atoms with E-state index < -0.39 is 11.9 Å². The number of carbonyl (C=O) groups excluding carboxylic acids is 2. The molecule has 46 heavy (non-hydrogen) atoms. The molecule has 10 atom stereocenters. The van der Waals surface area contributed by atoms with Crippen LogP contribution in [0.3, 0.4) is 0 Å². The fraction of sp³-hybridized carbons (Fsp3) is 0.725. The maximum Gasteiger partial charge on any atom is 0.339 e. The van der Waals surface area contributed by atoms with Crippen molar-refractivity contribution in [3.05, 3.63) is 47.5 Å². The van der Waals surface area contributed by atoms with Gasteiger partial charge in [0.05, 0.1) is 17.7 Å². The molecule has 0 amide bonds. The van der Waals surface area contributed by atoms with Gasteiger partial charge in [-0.1, -0.05) is 58.9 Å². The topological polar surface area (TPSA) is 89.9 Å². The molecule has 5 saturated carbocycles. The first-order valence-corrected chi connectivity index (χ1v) is 17.8. The summed E-state index contributed by atoms with van der Waals surface area (Å²) in [6.45, 7) is 21.1. The summed E-state index contributed by atoms with van der Waals surface area (Å²) in [7, 11) is 0. The highest BCUT2D eigenvalue weighted by Gasteiger charge is 2.71. The molecule has 0 bridgehead atoms. The molecule has 1 aromatic rings. The number of ether oxygens (including phenoxy) is 2. The monoisotopic (exact) mass is 632 g/mol. The standard InChI is InChI=1S/C40H56O6/c1-24(2)26-15-20-40(23-45-35(44)28-12-10-9-11-27(28)34(42)43)22-21-38(7)29(33(26)40)13-14-31-37(6)18-17-32(46-25(3)41)36(4,5)30(37)16-19-39(31,38)8/h9-12,26,29-33H,1,13-23H2,2-8H3,(H,42,43)/t26-,29-,30+,31+,32+,33-,37+,38+,39-,40-/m1/s1. The summed E-state index contributed by atoms with van der Waals surface area (Å²) in [6, 6.07) is 6.37. The zero-order valence-electron chi connectivity index (χ0n) is 29.2. The van der Waals surface area contributed by atoms with Crippen LogP contribution in [0.15, 0.2) is 36.4 Å². The molecule has 5 aliphatic rings. The van der Waals surface area contributed by atoms with Gasteiger partial charge in [0, 0.05) is 17.8 Å². The number of hydrogen-bond acceptors (Lipinski definition) is 5.